The van der Waals surface area contributed by atoms with E-state index in [1.807, 2.05) is 36.4 Å². The molecule has 0 aliphatic carbocycles. The summed E-state index contributed by atoms with van der Waals surface area (Å²) >= 11 is 4.77. The number of rotatable bonds is 5. The highest BCUT2D eigenvalue weighted by atomic mass is 79.9. The number of benzene rings is 2. The van der Waals surface area contributed by atoms with E-state index in [9.17, 15) is 4.79 Å². The molecule has 2 aromatic carbocycles. The van der Waals surface area contributed by atoms with Gasteiger partial charge in [0.2, 0.25) is 0 Å². The molecule has 0 aliphatic heterocycles. The largest absolute Gasteiger partial charge is 0.497 e. The summed E-state index contributed by atoms with van der Waals surface area (Å²) in [6, 6.07) is 13.0. The van der Waals surface area contributed by atoms with E-state index in [0.717, 1.165) is 20.4 Å². The molecule has 1 unspecified atom stereocenters. The minimum atomic E-state index is -0.638. The molecule has 0 spiro atoms. The summed E-state index contributed by atoms with van der Waals surface area (Å²) in [6.45, 7) is 1.70. The number of hydrogen-bond acceptors (Lipinski definition) is 5. The maximum atomic E-state index is 12.3. The standard InChI is InChI=1S/C17H15BrN2O3S/c1-10(23-13-5-3-4-11(18)8-13)16(21)20-17-19-14-7-6-12(22-2)9-15(14)24-17/h3-10H,1-2H3,(H,19,20,21). The molecule has 3 rings (SSSR count). The maximum Gasteiger partial charge on any atom is 0.266 e. The van der Waals surface area contributed by atoms with E-state index in [1.165, 1.54) is 11.3 Å². The van der Waals surface area contributed by atoms with E-state index in [-0.39, 0.29) is 5.91 Å². The molecule has 3 aromatic rings. The number of nitrogens with one attached hydrogen (secondary N) is 1. The molecule has 0 saturated heterocycles. The van der Waals surface area contributed by atoms with Gasteiger partial charge in [-0.05, 0) is 43.3 Å². The number of amides is 1. The summed E-state index contributed by atoms with van der Waals surface area (Å²) in [5.41, 5.74) is 0.816. The lowest BCUT2D eigenvalue weighted by Gasteiger charge is -2.13. The Morgan fingerprint density at radius 3 is 2.83 bits per heavy atom. The van der Waals surface area contributed by atoms with Gasteiger partial charge in [-0.3, -0.25) is 10.1 Å². The van der Waals surface area contributed by atoms with Gasteiger partial charge >= 0.3 is 0 Å². The third-order valence-corrected chi connectivity index (χ3v) is 4.73. The molecule has 124 valence electrons. The highest BCUT2D eigenvalue weighted by Gasteiger charge is 2.17. The van der Waals surface area contributed by atoms with Crippen LogP contribution >= 0.6 is 27.3 Å². The van der Waals surface area contributed by atoms with Crippen LogP contribution in [0.2, 0.25) is 0 Å². The van der Waals surface area contributed by atoms with Gasteiger partial charge in [-0.2, -0.15) is 0 Å². The first kappa shape index (κ1) is 16.7. The average molecular weight is 407 g/mol. The minimum absolute atomic E-state index is 0.249. The first-order valence-corrected chi connectivity index (χ1v) is 8.84. The topological polar surface area (TPSA) is 60.5 Å². The van der Waals surface area contributed by atoms with Gasteiger partial charge in [-0.15, -0.1) is 0 Å². The van der Waals surface area contributed by atoms with Crippen molar-refractivity contribution in [3.05, 3.63) is 46.9 Å². The van der Waals surface area contributed by atoms with Crippen LogP contribution in [0.25, 0.3) is 10.2 Å². The first-order valence-electron chi connectivity index (χ1n) is 7.23. The zero-order valence-corrected chi connectivity index (χ0v) is 15.5. The fourth-order valence-electron chi connectivity index (χ4n) is 2.09. The second kappa shape index (κ2) is 7.19. The first-order chi connectivity index (χ1) is 11.5. The molecule has 1 N–H and O–H groups in total. The summed E-state index contributed by atoms with van der Waals surface area (Å²) in [5.74, 6) is 1.14. The molecule has 0 saturated carbocycles. The molecule has 5 nitrogen and oxygen atoms in total. The highest BCUT2D eigenvalue weighted by Crippen LogP contribution is 2.29. The van der Waals surface area contributed by atoms with Crippen molar-refractivity contribution in [3.63, 3.8) is 0 Å². The molecule has 0 aliphatic rings. The highest BCUT2D eigenvalue weighted by molar-refractivity contribution is 9.10. The summed E-state index contributed by atoms with van der Waals surface area (Å²) in [4.78, 5) is 16.7. The third kappa shape index (κ3) is 3.85. The lowest BCUT2D eigenvalue weighted by Crippen LogP contribution is -2.30. The van der Waals surface area contributed by atoms with Gasteiger partial charge in [0.15, 0.2) is 11.2 Å². The number of aromatic nitrogens is 1. The van der Waals surface area contributed by atoms with Gasteiger partial charge in [-0.25, -0.2) is 4.98 Å². The Morgan fingerprint density at radius 2 is 2.08 bits per heavy atom. The normalized spacial score (nSPS) is 12.0. The van der Waals surface area contributed by atoms with Gasteiger partial charge in [0.25, 0.3) is 5.91 Å². The van der Waals surface area contributed by atoms with E-state index in [4.69, 9.17) is 9.47 Å². The maximum absolute atomic E-state index is 12.3. The van der Waals surface area contributed by atoms with Crippen LogP contribution < -0.4 is 14.8 Å². The van der Waals surface area contributed by atoms with Gasteiger partial charge in [0.1, 0.15) is 11.5 Å². The summed E-state index contributed by atoms with van der Waals surface area (Å²) in [6.07, 6.45) is -0.638. The van der Waals surface area contributed by atoms with Crippen LogP contribution in [-0.2, 0) is 4.79 Å². The number of carbonyl (C=O) groups excluding carboxylic acids is 1. The molecule has 1 amide bonds. The number of hydrogen-bond donors (Lipinski definition) is 1. The Bertz CT molecular complexity index is 881. The number of ether oxygens (including phenoxy) is 2. The predicted octanol–water partition coefficient (Wildman–Crippen LogP) is 4.47. The second-order valence-corrected chi connectivity index (χ2v) is 7.01. The third-order valence-electron chi connectivity index (χ3n) is 3.30. The Morgan fingerprint density at radius 1 is 1.25 bits per heavy atom. The molecule has 0 radical (unpaired) electrons. The minimum Gasteiger partial charge on any atom is -0.497 e. The lowest BCUT2D eigenvalue weighted by atomic mass is 10.3. The predicted molar refractivity (Wildman–Crippen MR) is 99.0 cm³/mol. The number of halogens is 1. The van der Waals surface area contributed by atoms with Gasteiger partial charge in [0.05, 0.1) is 17.3 Å². The van der Waals surface area contributed by atoms with Crippen LogP contribution in [0.3, 0.4) is 0 Å². The Kier molecular flexibility index (Phi) is 5.01. The van der Waals surface area contributed by atoms with Crippen molar-refractivity contribution < 1.29 is 14.3 Å². The number of thiazole rings is 1. The van der Waals surface area contributed by atoms with Crippen LogP contribution in [0.1, 0.15) is 6.92 Å². The van der Waals surface area contributed by atoms with Crippen LogP contribution in [0, 0.1) is 0 Å². The number of nitrogens with zero attached hydrogens (tertiary/aromatic N) is 1. The van der Waals surface area contributed by atoms with Crippen LogP contribution in [-0.4, -0.2) is 24.1 Å². The number of anilines is 1. The van der Waals surface area contributed by atoms with Crippen LogP contribution in [0.5, 0.6) is 11.5 Å². The zero-order valence-electron chi connectivity index (χ0n) is 13.1. The SMILES string of the molecule is COc1ccc2nc(NC(=O)C(C)Oc3cccc(Br)c3)sc2c1. The van der Waals surface area contributed by atoms with E-state index < -0.39 is 6.10 Å². The lowest BCUT2D eigenvalue weighted by molar-refractivity contribution is -0.122. The van der Waals surface area contributed by atoms with Crippen molar-refractivity contribution in [1.29, 1.82) is 0 Å². The van der Waals surface area contributed by atoms with E-state index in [2.05, 4.69) is 26.2 Å². The molecule has 1 heterocycles. The zero-order chi connectivity index (χ0) is 17.1. The summed E-state index contributed by atoms with van der Waals surface area (Å²) < 4.78 is 12.7. The molecule has 24 heavy (non-hydrogen) atoms. The van der Waals surface area contributed by atoms with E-state index >= 15 is 0 Å². The molecule has 1 atom stereocenters. The Hall–Kier alpha value is -2.12. The van der Waals surface area contributed by atoms with Crippen LogP contribution in [0.15, 0.2) is 46.9 Å². The van der Waals surface area contributed by atoms with Gasteiger partial charge in [-0.1, -0.05) is 33.3 Å². The van der Waals surface area contributed by atoms with Crippen molar-refractivity contribution in [2.75, 3.05) is 12.4 Å². The van der Waals surface area contributed by atoms with Crippen molar-refractivity contribution >= 4 is 48.5 Å². The average Bonchev–Trinajstić information content (AvgIpc) is 2.95. The monoisotopic (exact) mass is 406 g/mol. The smallest absolute Gasteiger partial charge is 0.266 e. The summed E-state index contributed by atoms with van der Waals surface area (Å²) in [7, 11) is 1.62. The Labute approximate surface area is 151 Å². The molecule has 7 heteroatoms. The number of methoxy groups -OCH3 is 1. The number of carbonyl (C=O) groups is 1. The fraction of sp³-hybridized carbons (Fsp3) is 0.176. The molecule has 0 fully saturated rings. The molecular formula is C17H15BrN2O3S. The summed E-state index contributed by atoms with van der Waals surface area (Å²) in [5, 5.41) is 3.33. The van der Waals surface area contributed by atoms with E-state index in [0.29, 0.717) is 10.9 Å². The molecular weight excluding hydrogens is 392 g/mol. The van der Waals surface area contributed by atoms with Crippen molar-refractivity contribution in [1.82, 2.24) is 4.98 Å². The fourth-order valence-corrected chi connectivity index (χ4v) is 3.37. The second-order valence-electron chi connectivity index (χ2n) is 5.06. The number of fused-ring (bicyclic) bond motifs is 1. The molecule has 1 aromatic heterocycles. The van der Waals surface area contributed by atoms with Crippen molar-refractivity contribution in [3.8, 4) is 11.5 Å². The van der Waals surface area contributed by atoms with E-state index in [1.54, 1.807) is 20.1 Å². The van der Waals surface area contributed by atoms with Crippen molar-refractivity contribution in [2.45, 2.75) is 13.0 Å². The van der Waals surface area contributed by atoms with Crippen molar-refractivity contribution in [2.24, 2.45) is 0 Å². The Balaban J connectivity index is 1.69. The van der Waals surface area contributed by atoms with Gasteiger partial charge in [0, 0.05) is 4.47 Å². The molecule has 0 bridgehead atoms. The quantitative estimate of drug-likeness (QED) is 0.678. The van der Waals surface area contributed by atoms with Gasteiger partial charge < -0.3 is 9.47 Å². The van der Waals surface area contributed by atoms with Crippen LogP contribution in [0.4, 0.5) is 5.13 Å².